The van der Waals surface area contributed by atoms with Crippen LogP contribution in [0.5, 0.6) is 5.75 Å². The second kappa shape index (κ2) is 7.82. The van der Waals surface area contributed by atoms with Crippen LogP contribution in [-0.2, 0) is 4.79 Å². The van der Waals surface area contributed by atoms with Crippen molar-refractivity contribution in [3.8, 4) is 5.75 Å². The minimum absolute atomic E-state index is 0.527. The first-order chi connectivity index (χ1) is 10.1. The average Bonchev–Trinajstić information content (AvgIpc) is 2.92. The molecule has 4 nitrogen and oxygen atoms in total. The van der Waals surface area contributed by atoms with Crippen LogP contribution in [0.15, 0.2) is 22.7 Å². The summed E-state index contributed by atoms with van der Waals surface area (Å²) in [6, 6.07) is 3.43. The number of hydrogen-bond donors (Lipinski definition) is 1. The Bertz CT molecular complexity index is 542. The van der Waals surface area contributed by atoms with Gasteiger partial charge in [-0.2, -0.15) is 0 Å². The van der Waals surface area contributed by atoms with Crippen molar-refractivity contribution in [3.63, 3.8) is 0 Å². The van der Waals surface area contributed by atoms with Gasteiger partial charge in [0.05, 0.1) is 4.47 Å². The maximum Gasteiger partial charge on any atom is 0.328 e. The van der Waals surface area contributed by atoms with E-state index in [-0.39, 0.29) is 0 Å². The van der Waals surface area contributed by atoms with Crippen molar-refractivity contribution in [1.29, 1.82) is 0 Å². The van der Waals surface area contributed by atoms with E-state index in [4.69, 9.17) is 21.4 Å². The maximum absolute atomic E-state index is 10.7. The van der Waals surface area contributed by atoms with Crippen LogP contribution >= 0.6 is 27.5 Å². The molecule has 0 radical (unpaired) electrons. The lowest BCUT2D eigenvalue weighted by molar-refractivity contribution is -0.131. The van der Waals surface area contributed by atoms with Gasteiger partial charge in [0.15, 0.2) is 0 Å². The molecule has 0 unspecified atom stereocenters. The molecule has 1 N–H and O–H groups in total. The lowest BCUT2D eigenvalue weighted by atomic mass is 10.2. The second-order valence-electron chi connectivity index (χ2n) is 4.87. The predicted octanol–water partition coefficient (Wildman–Crippen LogP) is 3.67. The molecule has 1 saturated heterocycles. The number of rotatable bonds is 6. The Morgan fingerprint density at radius 1 is 1.43 bits per heavy atom. The molecule has 1 aliphatic rings. The summed E-state index contributed by atoms with van der Waals surface area (Å²) in [4.78, 5) is 13.0. The summed E-state index contributed by atoms with van der Waals surface area (Å²) in [5.74, 6) is -0.384. The second-order valence-corrected chi connectivity index (χ2v) is 6.17. The molecule has 0 amide bonds. The minimum atomic E-state index is -1.01. The molecule has 0 aromatic heterocycles. The fourth-order valence-corrected chi connectivity index (χ4v) is 3.25. The van der Waals surface area contributed by atoms with Gasteiger partial charge in [0.25, 0.3) is 0 Å². The van der Waals surface area contributed by atoms with Crippen molar-refractivity contribution in [3.05, 3.63) is 33.3 Å². The normalized spacial score (nSPS) is 15.7. The quantitative estimate of drug-likeness (QED) is 0.772. The molecule has 0 atom stereocenters. The number of aliphatic carboxylic acids is 1. The average molecular weight is 375 g/mol. The zero-order chi connectivity index (χ0) is 15.2. The lowest BCUT2D eigenvalue weighted by Crippen LogP contribution is -2.25. The van der Waals surface area contributed by atoms with Crippen molar-refractivity contribution >= 4 is 39.6 Å². The van der Waals surface area contributed by atoms with Crippen LogP contribution < -0.4 is 4.74 Å². The Labute approximate surface area is 137 Å². The fraction of sp³-hybridized carbons (Fsp3) is 0.400. The molecule has 1 aromatic rings. The monoisotopic (exact) mass is 373 g/mol. The standard InChI is InChI=1S/C15H17BrClNO3/c16-13-10-12(17)9-11(3-4-14(19)20)15(13)21-8-7-18-5-1-2-6-18/h3-4,9-10H,1-2,5-8H2,(H,19,20)/b4-3+. The third kappa shape index (κ3) is 5.02. The highest BCUT2D eigenvalue weighted by Gasteiger charge is 2.13. The van der Waals surface area contributed by atoms with E-state index >= 15 is 0 Å². The van der Waals surface area contributed by atoms with Crippen LogP contribution in [0.4, 0.5) is 0 Å². The molecule has 1 heterocycles. The molecule has 1 aliphatic heterocycles. The van der Waals surface area contributed by atoms with E-state index in [0.29, 0.717) is 22.9 Å². The third-order valence-corrected chi connectivity index (χ3v) is 4.10. The Morgan fingerprint density at radius 3 is 2.81 bits per heavy atom. The highest BCUT2D eigenvalue weighted by molar-refractivity contribution is 9.10. The zero-order valence-corrected chi connectivity index (χ0v) is 13.9. The van der Waals surface area contributed by atoms with Crippen molar-refractivity contribution in [2.24, 2.45) is 0 Å². The first kappa shape index (κ1) is 16.3. The summed E-state index contributed by atoms with van der Waals surface area (Å²) in [6.45, 7) is 3.68. The Kier molecular flexibility index (Phi) is 6.08. The molecular formula is C15H17BrClNO3. The SMILES string of the molecule is O=C(O)/C=C/c1cc(Cl)cc(Br)c1OCCN1CCCC1. The molecule has 114 valence electrons. The van der Waals surface area contributed by atoms with E-state index in [0.717, 1.165) is 30.2 Å². The van der Waals surface area contributed by atoms with Gasteiger partial charge >= 0.3 is 5.97 Å². The van der Waals surface area contributed by atoms with E-state index in [2.05, 4.69) is 20.8 Å². The van der Waals surface area contributed by atoms with E-state index < -0.39 is 5.97 Å². The molecule has 0 aliphatic carbocycles. The minimum Gasteiger partial charge on any atom is -0.490 e. The number of carbonyl (C=O) groups is 1. The van der Waals surface area contributed by atoms with E-state index in [9.17, 15) is 4.79 Å². The Hall–Kier alpha value is -1.04. The van der Waals surface area contributed by atoms with Crippen LogP contribution in [0, 0.1) is 0 Å². The third-order valence-electron chi connectivity index (χ3n) is 3.30. The zero-order valence-electron chi connectivity index (χ0n) is 11.5. The summed E-state index contributed by atoms with van der Waals surface area (Å²) in [7, 11) is 0. The van der Waals surface area contributed by atoms with Crippen molar-refractivity contribution in [1.82, 2.24) is 4.90 Å². The summed E-state index contributed by atoms with van der Waals surface area (Å²) < 4.78 is 6.55. The first-order valence-electron chi connectivity index (χ1n) is 6.81. The number of halogens is 2. The molecule has 1 aromatic carbocycles. The van der Waals surface area contributed by atoms with Crippen LogP contribution in [0.3, 0.4) is 0 Å². The number of carboxylic acid groups (broad SMARTS) is 1. The van der Waals surface area contributed by atoms with Crippen molar-refractivity contribution in [2.75, 3.05) is 26.2 Å². The van der Waals surface area contributed by atoms with Gasteiger partial charge in [0, 0.05) is 23.2 Å². The largest absolute Gasteiger partial charge is 0.490 e. The number of ether oxygens (including phenoxy) is 1. The van der Waals surface area contributed by atoms with Gasteiger partial charge in [-0.15, -0.1) is 0 Å². The highest BCUT2D eigenvalue weighted by atomic mass is 79.9. The van der Waals surface area contributed by atoms with Gasteiger partial charge in [-0.3, -0.25) is 4.90 Å². The highest BCUT2D eigenvalue weighted by Crippen LogP contribution is 2.33. The van der Waals surface area contributed by atoms with Gasteiger partial charge in [-0.1, -0.05) is 11.6 Å². The Balaban J connectivity index is 2.06. The summed E-state index contributed by atoms with van der Waals surface area (Å²) in [6.07, 6.45) is 5.06. The fourth-order valence-electron chi connectivity index (χ4n) is 2.30. The number of nitrogens with zero attached hydrogens (tertiary/aromatic N) is 1. The van der Waals surface area contributed by atoms with Crippen LogP contribution in [-0.4, -0.2) is 42.2 Å². The molecular weight excluding hydrogens is 358 g/mol. The van der Waals surface area contributed by atoms with Gasteiger partial charge in [-0.05, 0) is 60.1 Å². The van der Waals surface area contributed by atoms with Gasteiger partial charge < -0.3 is 9.84 Å². The van der Waals surface area contributed by atoms with Gasteiger partial charge in [-0.25, -0.2) is 4.79 Å². The first-order valence-corrected chi connectivity index (χ1v) is 7.98. The molecule has 6 heteroatoms. The summed E-state index contributed by atoms with van der Waals surface area (Å²) in [5, 5.41) is 9.27. The Morgan fingerprint density at radius 2 is 2.14 bits per heavy atom. The van der Waals surface area contributed by atoms with Crippen LogP contribution in [0.2, 0.25) is 5.02 Å². The molecule has 0 saturated carbocycles. The van der Waals surface area contributed by atoms with Gasteiger partial charge in [0.1, 0.15) is 12.4 Å². The number of hydrogen-bond acceptors (Lipinski definition) is 3. The van der Waals surface area contributed by atoms with Crippen LogP contribution in [0.25, 0.3) is 6.08 Å². The molecule has 2 rings (SSSR count). The van der Waals surface area contributed by atoms with Gasteiger partial charge in [0.2, 0.25) is 0 Å². The molecule has 0 bridgehead atoms. The number of likely N-dealkylation sites (tertiary alicyclic amines) is 1. The van der Waals surface area contributed by atoms with E-state index in [1.807, 2.05) is 0 Å². The van der Waals surface area contributed by atoms with E-state index in [1.54, 1.807) is 12.1 Å². The van der Waals surface area contributed by atoms with Crippen molar-refractivity contribution in [2.45, 2.75) is 12.8 Å². The smallest absolute Gasteiger partial charge is 0.328 e. The predicted molar refractivity (Wildman–Crippen MR) is 87.0 cm³/mol. The molecule has 21 heavy (non-hydrogen) atoms. The van der Waals surface area contributed by atoms with Crippen molar-refractivity contribution < 1.29 is 14.6 Å². The molecule has 1 fully saturated rings. The number of carboxylic acids is 1. The lowest BCUT2D eigenvalue weighted by Gasteiger charge is -2.17. The maximum atomic E-state index is 10.7. The summed E-state index contributed by atoms with van der Waals surface area (Å²) in [5.41, 5.74) is 0.651. The van der Waals surface area contributed by atoms with E-state index in [1.165, 1.54) is 18.9 Å². The van der Waals surface area contributed by atoms with Crippen LogP contribution in [0.1, 0.15) is 18.4 Å². The molecule has 0 spiro atoms. The number of benzene rings is 1. The topological polar surface area (TPSA) is 49.8 Å². The summed E-state index contributed by atoms with van der Waals surface area (Å²) >= 11 is 9.41.